The van der Waals surface area contributed by atoms with Crippen LogP contribution in [0.1, 0.15) is 77.2 Å². The molecule has 1 aromatic rings. The number of anilines is 1. The van der Waals surface area contributed by atoms with E-state index in [-0.39, 0.29) is 5.41 Å². The van der Waals surface area contributed by atoms with E-state index in [0.29, 0.717) is 5.92 Å². The standard InChI is InChI=1S/C17H28BrN3/c1-6-11-7-9-12(10-8-11)15-20-14(17(2,3)4)13(18)16(19-5)21-15/h11-12H,6-10H2,1-5H3,(H,19,20,21). The normalized spacial score (nSPS) is 23.1. The topological polar surface area (TPSA) is 37.8 Å². The van der Waals surface area contributed by atoms with Gasteiger partial charge in [0.05, 0.1) is 10.2 Å². The van der Waals surface area contributed by atoms with Gasteiger partial charge in [-0.1, -0.05) is 34.1 Å². The highest BCUT2D eigenvalue weighted by molar-refractivity contribution is 9.10. The lowest BCUT2D eigenvalue weighted by atomic mass is 9.80. The van der Waals surface area contributed by atoms with Crippen molar-refractivity contribution in [1.29, 1.82) is 0 Å². The molecule has 0 aromatic carbocycles. The average Bonchev–Trinajstić information content (AvgIpc) is 2.46. The molecule has 21 heavy (non-hydrogen) atoms. The zero-order chi connectivity index (χ0) is 15.6. The predicted octanol–water partition coefficient (Wildman–Crippen LogP) is 5.26. The fourth-order valence-corrected chi connectivity index (χ4v) is 4.11. The summed E-state index contributed by atoms with van der Waals surface area (Å²) in [6, 6.07) is 0. The second kappa shape index (κ2) is 6.64. The summed E-state index contributed by atoms with van der Waals surface area (Å²) in [5.74, 6) is 3.38. The van der Waals surface area contributed by atoms with Crippen LogP contribution in [0.15, 0.2) is 4.47 Å². The fourth-order valence-electron chi connectivity index (χ4n) is 3.14. The number of nitrogens with one attached hydrogen (secondary N) is 1. The van der Waals surface area contributed by atoms with E-state index in [1.165, 1.54) is 32.1 Å². The second-order valence-electron chi connectivity index (χ2n) is 7.22. The summed E-state index contributed by atoms with van der Waals surface area (Å²) < 4.78 is 1.00. The van der Waals surface area contributed by atoms with Crippen molar-refractivity contribution < 1.29 is 0 Å². The molecule has 0 radical (unpaired) electrons. The molecule has 1 N–H and O–H groups in total. The summed E-state index contributed by atoms with van der Waals surface area (Å²) in [6.45, 7) is 8.92. The van der Waals surface area contributed by atoms with Crippen molar-refractivity contribution in [1.82, 2.24) is 9.97 Å². The predicted molar refractivity (Wildman–Crippen MR) is 93.0 cm³/mol. The summed E-state index contributed by atoms with van der Waals surface area (Å²) in [5.41, 5.74) is 1.12. The average molecular weight is 354 g/mol. The molecule has 3 nitrogen and oxygen atoms in total. The van der Waals surface area contributed by atoms with Crippen LogP contribution in [0, 0.1) is 5.92 Å². The minimum absolute atomic E-state index is 0.0166. The van der Waals surface area contributed by atoms with Crippen molar-refractivity contribution in [3.8, 4) is 0 Å². The molecule has 4 heteroatoms. The van der Waals surface area contributed by atoms with Gasteiger partial charge < -0.3 is 5.32 Å². The van der Waals surface area contributed by atoms with Crippen molar-refractivity contribution in [3.63, 3.8) is 0 Å². The van der Waals surface area contributed by atoms with Crippen LogP contribution in [0.5, 0.6) is 0 Å². The lowest BCUT2D eigenvalue weighted by molar-refractivity contribution is 0.311. The molecule has 0 aliphatic heterocycles. The quantitative estimate of drug-likeness (QED) is 0.804. The molecule has 0 spiro atoms. The van der Waals surface area contributed by atoms with Crippen LogP contribution in [-0.2, 0) is 5.41 Å². The SMILES string of the molecule is CCC1CCC(c2nc(NC)c(Br)c(C(C)(C)C)n2)CC1. The molecule has 0 atom stereocenters. The maximum absolute atomic E-state index is 4.93. The number of aromatic nitrogens is 2. The zero-order valence-corrected chi connectivity index (χ0v) is 15.5. The van der Waals surface area contributed by atoms with Crippen molar-refractivity contribution in [2.45, 2.75) is 71.1 Å². The van der Waals surface area contributed by atoms with Gasteiger partial charge in [-0.2, -0.15) is 0 Å². The molecule has 0 unspecified atom stereocenters. The van der Waals surface area contributed by atoms with Gasteiger partial charge in [0.2, 0.25) is 0 Å². The first-order valence-corrected chi connectivity index (χ1v) is 8.91. The molecule has 1 fully saturated rings. The van der Waals surface area contributed by atoms with Gasteiger partial charge >= 0.3 is 0 Å². The molecule has 1 aliphatic rings. The van der Waals surface area contributed by atoms with E-state index in [1.54, 1.807) is 0 Å². The van der Waals surface area contributed by atoms with Crippen LogP contribution in [0.4, 0.5) is 5.82 Å². The minimum Gasteiger partial charge on any atom is -0.372 e. The summed E-state index contributed by atoms with van der Waals surface area (Å²) in [6.07, 6.45) is 6.41. The summed E-state index contributed by atoms with van der Waals surface area (Å²) in [7, 11) is 1.93. The Morgan fingerprint density at radius 2 is 1.76 bits per heavy atom. The maximum atomic E-state index is 4.93. The third kappa shape index (κ3) is 3.77. The van der Waals surface area contributed by atoms with Crippen LogP contribution >= 0.6 is 15.9 Å². The van der Waals surface area contributed by atoms with E-state index in [1.807, 2.05) is 7.05 Å². The third-order valence-corrected chi connectivity index (χ3v) is 5.36. The highest BCUT2D eigenvalue weighted by Gasteiger charge is 2.28. The van der Waals surface area contributed by atoms with Gasteiger partial charge in [-0.3, -0.25) is 0 Å². The van der Waals surface area contributed by atoms with Crippen molar-refractivity contribution in [3.05, 3.63) is 16.0 Å². The Kier molecular flexibility index (Phi) is 5.29. The lowest BCUT2D eigenvalue weighted by Crippen LogP contribution is -2.21. The Bertz CT molecular complexity index is 486. The minimum atomic E-state index is 0.0166. The Labute approximate surface area is 137 Å². The van der Waals surface area contributed by atoms with Gasteiger partial charge in [0.15, 0.2) is 0 Å². The molecular weight excluding hydrogens is 326 g/mol. The highest BCUT2D eigenvalue weighted by atomic mass is 79.9. The smallest absolute Gasteiger partial charge is 0.144 e. The molecule has 1 aromatic heterocycles. The summed E-state index contributed by atoms with van der Waals surface area (Å²) >= 11 is 3.67. The molecular formula is C17H28BrN3. The van der Waals surface area contributed by atoms with Crippen molar-refractivity contribution >= 4 is 21.7 Å². The van der Waals surface area contributed by atoms with Gasteiger partial charge in [0.25, 0.3) is 0 Å². The molecule has 0 saturated heterocycles. The molecule has 2 rings (SSSR count). The number of rotatable bonds is 3. The first-order chi connectivity index (χ1) is 9.86. The third-order valence-electron chi connectivity index (χ3n) is 4.60. The maximum Gasteiger partial charge on any atom is 0.144 e. The van der Waals surface area contributed by atoms with Gasteiger partial charge in [0.1, 0.15) is 11.6 Å². The molecule has 0 bridgehead atoms. The van der Waals surface area contributed by atoms with E-state index in [9.17, 15) is 0 Å². The summed E-state index contributed by atoms with van der Waals surface area (Å²) in [4.78, 5) is 9.70. The van der Waals surface area contributed by atoms with Gasteiger partial charge in [0, 0.05) is 18.4 Å². The van der Waals surface area contributed by atoms with Gasteiger partial charge in [-0.05, 0) is 47.5 Å². The largest absolute Gasteiger partial charge is 0.372 e. The van der Waals surface area contributed by atoms with E-state index in [0.717, 1.165) is 27.7 Å². The molecule has 0 amide bonds. The van der Waals surface area contributed by atoms with Gasteiger partial charge in [-0.25, -0.2) is 9.97 Å². The zero-order valence-electron chi connectivity index (χ0n) is 14.0. The second-order valence-corrected chi connectivity index (χ2v) is 8.01. The molecule has 118 valence electrons. The fraction of sp³-hybridized carbons (Fsp3) is 0.765. The van der Waals surface area contributed by atoms with E-state index in [4.69, 9.17) is 9.97 Å². The van der Waals surface area contributed by atoms with Crippen LogP contribution < -0.4 is 5.32 Å². The first-order valence-electron chi connectivity index (χ1n) is 8.12. The number of hydrogen-bond donors (Lipinski definition) is 1. The van der Waals surface area contributed by atoms with E-state index < -0.39 is 0 Å². The van der Waals surface area contributed by atoms with Crippen molar-refractivity contribution in [2.24, 2.45) is 5.92 Å². The monoisotopic (exact) mass is 353 g/mol. The van der Waals surface area contributed by atoms with Crippen LogP contribution in [-0.4, -0.2) is 17.0 Å². The van der Waals surface area contributed by atoms with E-state index >= 15 is 0 Å². The Balaban J connectivity index is 2.32. The molecule has 1 aliphatic carbocycles. The first kappa shape index (κ1) is 16.7. The highest BCUT2D eigenvalue weighted by Crippen LogP contribution is 2.39. The lowest BCUT2D eigenvalue weighted by Gasteiger charge is -2.29. The molecule has 1 saturated carbocycles. The van der Waals surface area contributed by atoms with Crippen LogP contribution in [0.2, 0.25) is 0 Å². The van der Waals surface area contributed by atoms with Gasteiger partial charge in [-0.15, -0.1) is 0 Å². The van der Waals surface area contributed by atoms with Crippen LogP contribution in [0.25, 0.3) is 0 Å². The number of hydrogen-bond acceptors (Lipinski definition) is 3. The number of nitrogens with zero attached hydrogens (tertiary/aromatic N) is 2. The van der Waals surface area contributed by atoms with Crippen molar-refractivity contribution in [2.75, 3.05) is 12.4 Å². The Hall–Kier alpha value is -0.640. The van der Waals surface area contributed by atoms with Crippen LogP contribution in [0.3, 0.4) is 0 Å². The summed E-state index contributed by atoms with van der Waals surface area (Å²) in [5, 5.41) is 3.21. The van der Waals surface area contributed by atoms with E-state index in [2.05, 4.69) is 48.9 Å². The Morgan fingerprint density at radius 1 is 1.14 bits per heavy atom. The Morgan fingerprint density at radius 3 is 2.24 bits per heavy atom. The number of halogens is 1. The molecule has 1 heterocycles.